The molecule has 0 atom stereocenters. The molecule has 1 aliphatic rings. The summed E-state index contributed by atoms with van der Waals surface area (Å²) in [5.41, 5.74) is 0.447. The average Bonchev–Trinajstić information content (AvgIpc) is 2.83. The highest BCUT2D eigenvalue weighted by molar-refractivity contribution is 5.95. The number of nitrogens with one attached hydrogen (secondary N) is 2. The zero-order chi connectivity index (χ0) is 13.0. The first-order chi connectivity index (χ1) is 8.68. The molecule has 18 heavy (non-hydrogen) atoms. The lowest BCUT2D eigenvalue weighted by Gasteiger charge is -2.27. The van der Waals surface area contributed by atoms with E-state index in [1.807, 2.05) is 0 Å². The van der Waals surface area contributed by atoms with Crippen molar-refractivity contribution >= 4 is 11.8 Å². The third-order valence-corrected chi connectivity index (χ3v) is 2.92. The Hall–Kier alpha value is -1.89. The predicted octanol–water partition coefficient (Wildman–Crippen LogP) is -1.42. The molecule has 7 heteroatoms. The lowest BCUT2D eigenvalue weighted by atomic mass is 10.3. The van der Waals surface area contributed by atoms with Crippen molar-refractivity contribution in [2.75, 3.05) is 32.7 Å². The van der Waals surface area contributed by atoms with E-state index in [1.165, 1.54) is 4.68 Å². The van der Waals surface area contributed by atoms with Crippen LogP contribution in [0.1, 0.15) is 10.5 Å². The first-order valence-corrected chi connectivity index (χ1v) is 5.93. The minimum atomic E-state index is -0.279. The van der Waals surface area contributed by atoms with Crippen molar-refractivity contribution in [1.29, 1.82) is 0 Å². The number of nitrogens with zero attached hydrogens (tertiary/aromatic N) is 3. The van der Waals surface area contributed by atoms with Crippen molar-refractivity contribution in [3.05, 3.63) is 18.0 Å². The lowest BCUT2D eigenvalue weighted by molar-refractivity contribution is -0.130. The Kier molecular flexibility index (Phi) is 3.93. The molecular weight excluding hydrogens is 234 g/mol. The van der Waals surface area contributed by atoms with Crippen LogP contribution in [0.2, 0.25) is 0 Å². The molecule has 0 unspecified atom stereocenters. The van der Waals surface area contributed by atoms with E-state index in [2.05, 4.69) is 15.7 Å². The summed E-state index contributed by atoms with van der Waals surface area (Å²) in [4.78, 5) is 25.3. The van der Waals surface area contributed by atoms with Crippen LogP contribution in [0, 0.1) is 0 Å². The number of carbonyl (C=O) groups is 2. The highest BCUT2D eigenvalue weighted by Gasteiger charge is 2.17. The van der Waals surface area contributed by atoms with Crippen LogP contribution in [0.5, 0.6) is 0 Å². The van der Waals surface area contributed by atoms with Crippen LogP contribution in [-0.4, -0.2) is 59.2 Å². The van der Waals surface area contributed by atoms with Crippen molar-refractivity contribution < 1.29 is 9.59 Å². The second-order valence-electron chi connectivity index (χ2n) is 4.15. The van der Waals surface area contributed by atoms with Crippen molar-refractivity contribution in [2.45, 2.75) is 0 Å². The van der Waals surface area contributed by atoms with E-state index in [1.54, 1.807) is 24.2 Å². The van der Waals surface area contributed by atoms with Crippen LogP contribution in [0.3, 0.4) is 0 Å². The van der Waals surface area contributed by atoms with E-state index in [4.69, 9.17) is 0 Å². The zero-order valence-corrected chi connectivity index (χ0v) is 10.3. The summed E-state index contributed by atoms with van der Waals surface area (Å²) in [6.45, 7) is 3.04. The molecular formula is C11H17N5O2. The average molecular weight is 251 g/mol. The number of rotatable bonds is 3. The number of aryl methyl sites for hydroxylation is 1. The monoisotopic (exact) mass is 251 g/mol. The zero-order valence-electron chi connectivity index (χ0n) is 10.3. The van der Waals surface area contributed by atoms with E-state index in [-0.39, 0.29) is 18.4 Å². The number of hydrogen-bond acceptors (Lipinski definition) is 4. The Morgan fingerprint density at radius 2 is 2.17 bits per heavy atom. The summed E-state index contributed by atoms with van der Waals surface area (Å²) in [6.07, 6.45) is 1.55. The van der Waals surface area contributed by atoms with Gasteiger partial charge in [-0.2, -0.15) is 5.10 Å². The molecule has 0 bridgehead atoms. The van der Waals surface area contributed by atoms with Crippen LogP contribution in [0.25, 0.3) is 0 Å². The van der Waals surface area contributed by atoms with Gasteiger partial charge >= 0.3 is 0 Å². The van der Waals surface area contributed by atoms with Crippen molar-refractivity contribution in [3.8, 4) is 0 Å². The maximum Gasteiger partial charge on any atom is 0.269 e. The largest absolute Gasteiger partial charge is 0.342 e. The number of amides is 2. The van der Waals surface area contributed by atoms with Crippen LogP contribution < -0.4 is 10.6 Å². The molecule has 7 nitrogen and oxygen atoms in total. The van der Waals surface area contributed by atoms with Gasteiger partial charge in [0.15, 0.2) is 0 Å². The van der Waals surface area contributed by atoms with Gasteiger partial charge in [0.25, 0.3) is 5.91 Å². The van der Waals surface area contributed by atoms with Gasteiger partial charge in [-0.15, -0.1) is 0 Å². The Bertz CT molecular complexity index is 436. The Morgan fingerprint density at radius 1 is 1.44 bits per heavy atom. The summed E-state index contributed by atoms with van der Waals surface area (Å²) in [5.74, 6) is -0.328. The van der Waals surface area contributed by atoms with Crippen LogP contribution in [0.4, 0.5) is 0 Å². The third kappa shape index (κ3) is 2.86. The van der Waals surface area contributed by atoms with Crippen LogP contribution >= 0.6 is 0 Å². The summed E-state index contributed by atoms with van der Waals surface area (Å²) in [7, 11) is 1.69. The number of carbonyl (C=O) groups excluding carboxylic acids is 2. The molecule has 0 saturated carbocycles. The van der Waals surface area contributed by atoms with Crippen molar-refractivity contribution in [3.63, 3.8) is 0 Å². The van der Waals surface area contributed by atoms with E-state index in [0.29, 0.717) is 18.8 Å². The van der Waals surface area contributed by atoms with Gasteiger partial charge in [0.2, 0.25) is 5.91 Å². The van der Waals surface area contributed by atoms with Gasteiger partial charge in [0.05, 0.1) is 6.54 Å². The standard InChI is InChI=1S/C11H17N5O2/c1-15-9(2-3-14-15)11(18)13-8-10(17)16-6-4-12-5-7-16/h2-3,12H,4-8H2,1H3,(H,13,18). The molecule has 98 valence electrons. The maximum absolute atomic E-state index is 11.8. The minimum Gasteiger partial charge on any atom is -0.342 e. The molecule has 2 amide bonds. The third-order valence-electron chi connectivity index (χ3n) is 2.92. The topological polar surface area (TPSA) is 79.3 Å². The first kappa shape index (κ1) is 12.6. The molecule has 1 aromatic heterocycles. The lowest BCUT2D eigenvalue weighted by Crippen LogP contribution is -2.49. The first-order valence-electron chi connectivity index (χ1n) is 5.93. The van der Waals surface area contributed by atoms with E-state index in [0.717, 1.165) is 13.1 Å². The SMILES string of the molecule is Cn1nccc1C(=O)NCC(=O)N1CCNCC1. The summed E-state index contributed by atoms with van der Waals surface area (Å²) in [5, 5.41) is 9.69. The molecule has 2 heterocycles. The number of piperazine rings is 1. The van der Waals surface area contributed by atoms with Gasteiger partial charge in [0, 0.05) is 39.4 Å². The summed E-state index contributed by atoms with van der Waals surface area (Å²) in [6, 6.07) is 1.62. The summed E-state index contributed by atoms with van der Waals surface area (Å²) >= 11 is 0. The fraction of sp³-hybridized carbons (Fsp3) is 0.545. The molecule has 0 aromatic carbocycles. The Morgan fingerprint density at radius 3 is 2.78 bits per heavy atom. The van der Waals surface area contributed by atoms with Gasteiger partial charge in [-0.3, -0.25) is 14.3 Å². The molecule has 1 saturated heterocycles. The molecule has 0 spiro atoms. The highest BCUT2D eigenvalue weighted by Crippen LogP contribution is 1.96. The smallest absolute Gasteiger partial charge is 0.269 e. The van der Waals surface area contributed by atoms with Gasteiger partial charge in [-0.1, -0.05) is 0 Å². The minimum absolute atomic E-state index is 0.0318. The molecule has 2 rings (SSSR count). The quantitative estimate of drug-likeness (QED) is 0.691. The Balaban J connectivity index is 1.82. The van der Waals surface area contributed by atoms with E-state index in [9.17, 15) is 9.59 Å². The molecule has 0 radical (unpaired) electrons. The van der Waals surface area contributed by atoms with Gasteiger partial charge in [0.1, 0.15) is 5.69 Å². The molecule has 2 N–H and O–H groups in total. The van der Waals surface area contributed by atoms with Gasteiger partial charge in [-0.25, -0.2) is 0 Å². The highest BCUT2D eigenvalue weighted by atomic mass is 16.2. The van der Waals surface area contributed by atoms with Crippen LogP contribution in [-0.2, 0) is 11.8 Å². The fourth-order valence-electron chi connectivity index (χ4n) is 1.87. The van der Waals surface area contributed by atoms with Crippen molar-refractivity contribution in [2.24, 2.45) is 7.05 Å². The fourth-order valence-corrected chi connectivity index (χ4v) is 1.87. The normalized spacial score (nSPS) is 15.5. The second kappa shape index (κ2) is 5.63. The van der Waals surface area contributed by atoms with Crippen LogP contribution in [0.15, 0.2) is 12.3 Å². The molecule has 0 aliphatic carbocycles. The van der Waals surface area contributed by atoms with Crippen molar-refractivity contribution in [1.82, 2.24) is 25.3 Å². The Labute approximate surface area is 105 Å². The van der Waals surface area contributed by atoms with Gasteiger partial charge in [-0.05, 0) is 6.07 Å². The van der Waals surface area contributed by atoms with E-state index >= 15 is 0 Å². The number of hydrogen-bond donors (Lipinski definition) is 2. The molecule has 1 aliphatic heterocycles. The maximum atomic E-state index is 11.8. The molecule has 1 fully saturated rings. The number of aromatic nitrogens is 2. The van der Waals surface area contributed by atoms with Gasteiger partial charge < -0.3 is 15.5 Å². The summed E-state index contributed by atoms with van der Waals surface area (Å²) < 4.78 is 1.48. The second-order valence-corrected chi connectivity index (χ2v) is 4.15. The van der Waals surface area contributed by atoms with E-state index < -0.39 is 0 Å². The molecule has 1 aromatic rings. The predicted molar refractivity (Wildman–Crippen MR) is 65.0 cm³/mol.